The fourth-order valence-corrected chi connectivity index (χ4v) is 2.11. The normalized spacial score (nSPS) is 10.5. The van der Waals surface area contributed by atoms with E-state index in [2.05, 4.69) is 38.1 Å². The molecule has 100 valence electrons. The largest absolute Gasteiger partial charge is 0.383 e. The maximum absolute atomic E-state index is 5.94. The minimum absolute atomic E-state index is 0.535. The lowest BCUT2D eigenvalue weighted by Gasteiger charge is -2.12. The Balaban J connectivity index is 2.36. The number of para-hydroxylation sites is 1. The van der Waals surface area contributed by atoms with Crippen molar-refractivity contribution in [3.05, 3.63) is 40.1 Å². The van der Waals surface area contributed by atoms with Gasteiger partial charge < -0.3 is 11.1 Å². The van der Waals surface area contributed by atoms with E-state index in [1.165, 1.54) is 0 Å². The highest BCUT2D eigenvalue weighted by molar-refractivity contribution is 9.10. The molecule has 1 aromatic heterocycles. The van der Waals surface area contributed by atoms with Crippen LogP contribution in [0, 0.1) is 6.92 Å². The zero-order valence-electron chi connectivity index (χ0n) is 11.1. The van der Waals surface area contributed by atoms with Crippen molar-refractivity contribution in [2.75, 3.05) is 11.1 Å². The van der Waals surface area contributed by atoms with E-state index in [-0.39, 0.29) is 0 Å². The van der Waals surface area contributed by atoms with Crippen LogP contribution in [0.1, 0.15) is 24.7 Å². The third kappa shape index (κ3) is 3.23. The van der Waals surface area contributed by atoms with Crippen molar-refractivity contribution in [3.63, 3.8) is 0 Å². The number of benzene rings is 1. The fourth-order valence-electron chi connectivity index (χ4n) is 1.73. The Kier molecular flexibility index (Phi) is 4.37. The lowest BCUT2D eigenvalue weighted by molar-refractivity contribution is 0.836. The SMILES string of the molecule is CCCc1nc(N)c(C)c(Nc2ccccc2Br)n1. The first kappa shape index (κ1) is 13.8. The van der Waals surface area contributed by atoms with Gasteiger partial charge >= 0.3 is 0 Å². The van der Waals surface area contributed by atoms with E-state index in [1.54, 1.807) is 0 Å². The van der Waals surface area contributed by atoms with E-state index < -0.39 is 0 Å². The molecule has 0 saturated carbocycles. The molecule has 19 heavy (non-hydrogen) atoms. The number of anilines is 3. The Bertz CT molecular complexity index is 584. The van der Waals surface area contributed by atoms with Crippen molar-refractivity contribution in [1.82, 2.24) is 9.97 Å². The lowest BCUT2D eigenvalue weighted by atomic mass is 10.2. The van der Waals surface area contributed by atoms with Crippen molar-refractivity contribution in [2.45, 2.75) is 26.7 Å². The molecule has 0 saturated heterocycles. The van der Waals surface area contributed by atoms with Gasteiger partial charge in [-0.1, -0.05) is 19.1 Å². The summed E-state index contributed by atoms with van der Waals surface area (Å²) in [6.07, 6.45) is 1.83. The molecule has 0 radical (unpaired) electrons. The molecule has 2 aromatic rings. The minimum Gasteiger partial charge on any atom is -0.383 e. The van der Waals surface area contributed by atoms with Crippen LogP contribution >= 0.6 is 15.9 Å². The van der Waals surface area contributed by atoms with Gasteiger partial charge in [-0.2, -0.15) is 0 Å². The Morgan fingerprint density at radius 3 is 2.68 bits per heavy atom. The summed E-state index contributed by atoms with van der Waals surface area (Å²) in [5.41, 5.74) is 7.78. The zero-order valence-corrected chi connectivity index (χ0v) is 12.7. The molecule has 0 spiro atoms. The van der Waals surface area contributed by atoms with Crippen molar-refractivity contribution in [1.29, 1.82) is 0 Å². The molecule has 3 N–H and O–H groups in total. The van der Waals surface area contributed by atoms with Crippen molar-refractivity contribution in [2.24, 2.45) is 0 Å². The lowest BCUT2D eigenvalue weighted by Crippen LogP contribution is -2.07. The molecule has 2 rings (SSSR count). The molecule has 0 aliphatic carbocycles. The molecule has 0 aliphatic heterocycles. The predicted octanol–water partition coefficient (Wildman–Crippen LogP) is 3.83. The van der Waals surface area contributed by atoms with E-state index in [0.29, 0.717) is 5.82 Å². The van der Waals surface area contributed by atoms with Crippen LogP contribution in [0.3, 0.4) is 0 Å². The molecular formula is C14H17BrN4. The summed E-state index contributed by atoms with van der Waals surface area (Å²) >= 11 is 3.51. The average molecular weight is 321 g/mol. The fraction of sp³-hybridized carbons (Fsp3) is 0.286. The number of aromatic nitrogens is 2. The molecular weight excluding hydrogens is 304 g/mol. The first-order chi connectivity index (χ1) is 9.11. The van der Waals surface area contributed by atoms with Crippen molar-refractivity contribution < 1.29 is 0 Å². The second kappa shape index (κ2) is 6.02. The van der Waals surface area contributed by atoms with Crippen molar-refractivity contribution in [3.8, 4) is 0 Å². The molecule has 0 fully saturated rings. The molecule has 4 nitrogen and oxygen atoms in total. The number of nitrogens with two attached hydrogens (primary N) is 1. The third-order valence-electron chi connectivity index (χ3n) is 2.83. The summed E-state index contributed by atoms with van der Waals surface area (Å²) < 4.78 is 0.989. The maximum atomic E-state index is 5.94. The minimum atomic E-state index is 0.535. The summed E-state index contributed by atoms with van der Waals surface area (Å²) in [6, 6.07) is 7.91. The van der Waals surface area contributed by atoms with Gasteiger partial charge in [0.05, 0.1) is 5.69 Å². The van der Waals surface area contributed by atoms with Gasteiger partial charge in [0.2, 0.25) is 0 Å². The molecule has 0 amide bonds. The van der Waals surface area contributed by atoms with Crippen molar-refractivity contribution >= 4 is 33.3 Å². The summed E-state index contributed by atoms with van der Waals surface area (Å²) in [5, 5.41) is 3.30. The van der Waals surface area contributed by atoms with Gasteiger partial charge in [-0.3, -0.25) is 0 Å². The Labute approximate surface area is 121 Å². The number of hydrogen-bond acceptors (Lipinski definition) is 4. The number of nitrogen functional groups attached to an aromatic ring is 1. The number of nitrogens with zero attached hydrogens (tertiary/aromatic N) is 2. The van der Waals surface area contributed by atoms with Crippen LogP contribution in [0.4, 0.5) is 17.3 Å². The smallest absolute Gasteiger partial charge is 0.139 e. The monoisotopic (exact) mass is 320 g/mol. The summed E-state index contributed by atoms with van der Waals surface area (Å²) in [5.74, 6) is 2.08. The van der Waals surface area contributed by atoms with Crippen LogP contribution in [0.25, 0.3) is 0 Å². The number of aryl methyl sites for hydroxylation is 1. The second-order valence-corrected chi connectivity index (χ2v) is 5.21. The van der Waals surface area contributed by atoms with Gasteiger partial charge in [-0.25, -0.2) is 9.97 Å². The second-order valence-electron chi connectivity index (χ2n) is 4.35. The van der Waals surface area contributed by atoms with Gasteiger partial charge in [0, 0.05) is 16.5 Å². The molecule has 0 aliphatic rings. The van der Waals surface area contributed by atoms with Gasteiger partial charge in [0.1, 0.15) is 17.5 Å². The number of halogens is 1. The van der Waals surface area contributed by atoms with Gasteiger partial charge in [-0.05, 0) is 41.4 Å². The molecule has 0 atom stereocenters. The van der Waals surface area contributed by atoms with Gasteiger partial charge in [0.15, 0.2) is 0 Å². The maximum Gasteiger partial charge on any atom is 0.139 e. The first-order valence-electron chi connectivity index (χ1n) is 6.26. The Morgan fingerprint density at radius 1 is 1.26 bits per heavy atom. The number of nitrogens with one attached hydrogen (secondary N) is 1. The first-order valence-corrected chi connectivity index (χ1v) is 7.05. The third-order valence-corrected chi connectivity index (χ3v) is 3.52. The molecule has 0 unspecified atom stereocenters. The van der Waals surface area contributed by atoms with Crippen LogP contribution in [0.15, 0.2) is 28.7 Å². The quantitative estimate of drug-likeness (QED) is 0.898. The number of rotatable bonds is 4. The highest BCUT2D eigenvalue weighted by Gasteiger charge is 2.09. The van der Waals surface area contributed by atoms with Gasteiger partial charge in [0.25, 0.3) is 0 Å². The highest BCUT2D eigenvalue weighted by Crippen LogP contribution is 2.27. The van der Waals surface area contributed by atoms with Crippen LogP contribution in [-0.4, -0.2) is 9.97 Å². The van der Waals surface area contributed by atoms with E-state index >= 15 is 0 Å². The molecule has 1 aromatic carbocycles. The zero-order chi connectivity index (χ0) is 13.8. The molecule has 5 heteroatoms. The number of hydrogen-bond donors (Lipinski definition) is 2. The molecule has 1 heterocycles. The summed E-state index contributed by atoms with van der Waals surface area (Å²) in [4.78, 5) is 8.84. The van der Waals surface area contributed by atoms with Crippen LogP contribution < -0.4 is 11.1 Å². The predicted molar refractivity (Wildman–Crippen MR) is 82.6 cm³/mol. The average Bonchev–Trinajstić information content (AvgIpc) is 2.38. The van der Waals surface area contributed by atoms with E-state index in [1.807, 2.05) is 31.2 Å². The van der Waals surface area contributed by atoms with E-state index in [0.717, 1.165) is 40.2 Å². The standard InChI is InChI=1S/C14H17BrN4/c1-3-6-12-18-13(16)9(2)14(19-12)17-11-8-5-4-7-10(11)15/h4-5,7-8H,3,6H2,1-2H3,(H3,16,17,18,19). The topological polar surface area (TPSA) is 63.8 Å². The Hall–Kier alpha value is -1.62. The summed E-state index contributed by atoms with van der Waals surface area (Å²) in [6.45, 7) is 4.02. The van der Waals surface area contributed by atoms with E-state index in [4.69, 9.17) is 5.73 Å². The highest BCUT2D eigenvalue weighted by atomic mass is 79.9. The van der Waals surface area contributed by atoms with Crippen LogP contribution in [-0.2, 0) is 6.42 Å². The summed E-state index contributed by atoms with van der Waals surface area (Å²) in [7, 11) is 0. The van der Waals surface area contributed by atoms with Gasteiger partial charge in [-0.15, -0.1) is 0 Å². The van der Waals surface area contributed by atoms with Crippen LogP contribution in [0.2, 0.25) is 0 Å². The Morgan fingerprint density at radius 2 is 2.00 bits per heavy atom. The molecule has 0 bridgehead atoms. The van der Waals surface area contributed by atoms with E-state index in [9.17, 15) is 0 Å². The van der Waals surface area contributed by atoms with Crippen LogP contribution in [0.5, 0.6) is 0 Å².